The molecule has 1 aromatic carbocycles. The summed E-state index contributed by atoms with van der Waals surface area (Å²) in [5, 5.41) is 3.04. The molecule has 2 aromatic rings. The SMILES string of the molecule is Cc1nc(Cl)c(NC(=O)C2CCN(c3ccc(C=O)cc3)CC2)c(Cl)n1. The van der Waals surface area contributed by atoms with Gasteiger partial charge in [-0.3, -0.25) is 9.59 Å². The Labute approximate surface area is 161 Å². The Morgan fingerprint density at radius 2 is 1.73 bits per heavy atom. The van der Waals surface area contributed by atoms with Crippen LogP contribution in [-0.4, -0.2) is 35.3 Å². The topological polar surface area (TPSA) is 75.2 Å². The van der Waals surface area contributed by atoms with Gasteiger partial charge in [-0.15, -0.1) is 0 Å². The van der Waals surface area contributed by atoms with Crippen LogP contribution in [0, 0.1) is 12.8 Å². The molecule has 1 amide bonds. The summed E-state index contributed by atoms with van der Waals surface area (Å²) >= 11 is 12.1. The second kappa shape index (κ2) is 8.01. The quantitative estimate of drug-likeness (QED) is 0.633. The zero-order valence-corrected chi connectivity index (χ0v) is 15.7. The summed E-state index contributed by atoms with van der Waals surface area (Å²) in [5.74, 6) is 0.193. The molecule has 26 heavy (non-hydrogen) atoms. The van der Waals surface area contributed by atoms with Crippen molar-refractivity contribution in [1.82, 2.24) is 9.97 Å². The molecule has 3 rings (SSSR count). The van der Waals surface area contributed by atoms with Crippen molar-refractivity contribution in [3.05, 3.63) is 46.0 Å². The molecule has 1 aliphatic rings. The van der Waals surface area contributed by atoms with Crippen LogP contribution >= 0.6 is 23.2 Å². The molecule has 0 atom stereocenters. The minimum absolute atomic E-state index is 0.128. The van der Waals surface area contributed by atoms with E-state index in [2.05, 4.69) is 20.2 Å². The number of carbonyl (C=O) groups excluding carboxylic acids is 2. The Bertz CT molecular complexity index is 795. The average Bonchev–Trinajstić information content (AvgIpc) is 2.64. The lowest BCUT2D eigenvalue weighted by Gasteiger charge is -2.33. The Morgan fingerprint density at radius 1 is 1.15 bits per heavy atom. The van der Waals surface area contributed by atoms with Crippen LogP contribution in [0.1, 0.15) is 29.0 Å². The highest BCUT2D eigenvalue weighted by Crippen LogP contribution is 2.29. The minimum atomic E-state index is -0.131. The first kappa shape index (κ1) is 18.6. The number of nitrogens with one attached hydrogen (secondary N) is 1. The van der Waals surface area contributed by atoms with Crippen LogP contribution < -0.4 is 10.2 Å². The molecule has 136 valence electrons. The number of nitrogens with zero attached hydrogens (tertiary/aromatic N) is 3. The van der Waals surface area contributed by atoms with Gasteiger partial charge < -0.3 is 10.2 Å². The second-order valence-corrected chi connectivity index (χ2v) is 6.90. The van der Waals surface area contributed by atoms with Crippen molar-refractivity contribution >= 4 is 46.8 Å². The lowest BCUT2D eigenvalue weighted by atomic mass is 9.95. The zero-order valence-electron chi connectivity index (χ0n) is 14.2. The fraction of sp³-hybridized carbons (Fsp3) is 0.333. The summed E-state index contributed by atoms with van der Waals surface area (Å²) in [6.07, 6.45) is 2.25. The summed E-state index contributed by atoms with van der Waals surface area (Å²) < 4.78 is 0. The Balaban J connectivity index is 1.61. The van der Waals surface area contributed by atoms with Gasteiger partial charge in [0.1, 0.15) is 17.8 Å². The van der Waals surface area contributed by atoms with E-state index in [9.17, 15) is 9.59 Å². The normalized spacial score (nSPS) is 15.0. The number of hydrogen-bond acceptors (Lipinski definition) is 5. The summed E-state index contributed by atoms with van der Waals surface area (Å²) in [6.45, 7) is 3.19. The fourth-order valence-electron chi connectivity index (χ4n) is 3.00. The fourth-order valence-corrected chi connectivity index (χ4v) is 3.56. The molecule has 8 heteroatoms. The minimum Gasteiger partial charge on any atom is -0.371 e. The van der Waals surface area contributed by atoms with E-state index in [4.69, 9.17) is 23.2 Å². The average molecular weight is 393 g/mol. The van der Waals surface area contributed by atoms with Crippen LogP contribution in [-0.2, 0) is 4.79 Å². The monoisotopic (exact) mass is 392 g/mol. The number of carbonyl (C=O) groups is 2. The van der Waals surface area contributed by atoms with Gasteiger partial charge in [0.2, 0.25) is 5.91 Å². The first-order valence-corrected chi connectivity index (χ1v) is 9.04. The number of aryl methyl sites for hydroxylation is 1. The molecule has 1 aliphatic heterocycles. The van der Waals surface area contributed by atoms with E-state index in [0.717, 1.165) is 25.1 Å². The molecule has 0 spiro atoms. The molecule has 0 radical (unpaired) electrons. The van der Waals surface area contributed by atoms with Crippen molar-refractivity contribution in [2.45, 2.75) is 19.8 Å². The van der Waals surface area contributed by atoms with Gasteiger partial charge in [-0.05, 0) is 44.0 Å². The maximum atomic E-state index is 12.5. The number of amides is 1. The number of anilines is 2. The molecule has 0 bridgehead atoms. The highest BCUT2D eigenvalue weighted by Gasteiger charge is 2.26. The molecule has 1 aromatic heterocycles. The van der Waals surface area contributed by atoms with Crippen LogP contribution in [0.3, 0.4) is 0 Å². The van der Waals surface area contributed by atoms with Crippen molar-refractivity contribution < 1.29 is 9.59 Å². The molecule has 0 aliphatic carbocycles. The van der Waals surface area contributed by atoms with Gasteiger partial charge in [-0.1, -0.05) is 23.2 Å². The standard InChI is InChI=1S/C18H18Cl2N4O2/c1-11-21-16(19)15(17(20)22-11)23-18(26)13-6-8-24(9-7-13)14-4-2-12(10-25)3-5-14/h2-5,10,13H,6-9H2,1H3,(H,23,26). The van der Waals surface area contributed by atoms with Crippen molar-refractivity contribution in [3.63, 3.8) is 0 Å². The van der Waals surface area contributed by atoms with E-state index in [1.165, 1.54) is 0 Å². The van der Waals surface area contributed by atoms with E-state index in [0.29, 0.717) is 24.2 Å². The number of halogens is 2. The number of aromatic nitrogens is 2. The second-order valence-electron chi connectivity index (χ2n) is 6.19. The predicted octanol–water partition coefficient (Wildman–Crippen LogP) is 3.76. The number of hydrogen-bond donors (Lipinski definition) is 1. The van der Waals surface area contributed by atoms with Crippen LogP contribution in [0.5, 0.6) is 0 Å². The highest BCUT2D eigenvalue weighted by atomic mass is 35.5. The number of piperidine rings is 1. The molecule has 1 saturated heterocycles. The van der Waals surface area contributed by atoms with E-state index in [-0.39, 0.29) is 27.8 Å². The van der Waals surface area contributed by atoms with Gasteiger partial charge in [0.15, 0.2) is 10.3 Å². The third-order valence-electron chi connectivity index (χ3n) is 4.44. The van der Waals surface area contributed by atoms with E-state index in [1.54, 1.807) is 19.1 Å². The van der Waals surface area contributed by atoms with Gasteiger partial charge in [0, 0.05) is 30.3 Å². The number of benzene rings is 1. The summed E-state index contributed by atoms with van der Waals surface area (Å²) in [6, 6.07) is 7.44. The maximum absolute atomic E-state index is 12.5. The van der Waals surface area contributed by atoms with Crippen molar-refractivity contribution in [1.29, 1.82) is 0 Å². The smallest absolute Gasteiger partial charge is 0.227 e. The van der Waals surface area contributed by atoms with Crippen molar-refractivity contribution in [2.75, 3.05) is 23.3 Å². The summed E-state index contributed by atoms with van der Waals surface area (Å²) in [5.41, 5.74) is 1.96. The van der Waals surface area contributed by atoms with E-state index in [1.807, 2.05) is 12.1 Å². The van der Waals surface area contributed by atoms with E-state index >= 15 is 0 Å². The zero-order chi connectivity index (χ0) is 18.7. The first-order valence-electron chi connectivity index (χ1n) is 8.28. The predicted molar refractivity (Wildman–Crippen MR) is 102 cm³/mol. The third-order valence-corrected chi connectivity index (χ3v) is 4.99. The van der Waals surface area contributed by atoms with Crippen LogP contribution in [0.4, 0.5) is 11.4 Å². The van der Waals surface area contributed by atoms with Crippen LogP contribution in [0.15, 0.2) is 24.3 Å². The molecule has 2 heterocycles. The van der Waals surface area contributed by atoms with Crippen molar-refractivity contribution in [2.24, 2.45) is 5.92 Å². The highest BCUT2D eigenvalue weighted by molar-refractivity contribution is 6.38. The van der Waals surface area contributed by atoms with Gasteiger partial charge in [-0.2, -0.15) is 0 Å². The van der Waals surface area contributed by atoms with Gasteiger partial charge in [0.25, 0.3) is 0 Å². The van der Waals surface area contributed by atoms with E-state index < -0.39 is 0 Å². The molecule has 0 unspecified atom stereocenters. The lowest BCUT2D eigenvalue weighted by Crippen LogP contribution is -2.38. The first-order chi connectivity index (χ1) is 12.5. The molecule has 6 nitrogen and oxygen atoms in total. The van der Waals surface area contributed by atoms with Crippen LogP contribution in [0.25, 0.3) is 0 Å². The largest absolute Gasteiger partial charge is 0.371 e. The third kappa shape index (κ3) is 4.14. The van der Waals surface area contributed by atoms with Crippen LogP contribution in [0.2, 0.25) is 10.3 Å². The molecule has 1 fully saturated rings. The van der Waals surface area contributed by atoms with Gasteiger partial charge in [-0.25, -0.2) is 9.97 Å². The molecule has 1 N–H and O–H groups in total. The number of aldehydes is 1. The van der Waals surface area contributed by atoms with Crippen molar-refractivity contribution in [3.8, 4) is 0 Å². The van der Waals surface area contributed by atoms with Gasteiger partial charge in [0.05, 0.1) is 0 Å². The molecular weight excluding hydrogens is 375 g/mol. The maximum Gasteiger partial charge on any atom is 0.227 e. The summed E-state index contributed by atoms with van der Waals surface area (Å²) in [4.78, 5) is 33.5. The van der Waals surface area contributed by atoms with Gasteiger partial charge >= 0.3 is 0 Å². The molecular formula is C18H18Cl2N4O2. The molecule has 0 saturated carbocycles. The Hall–Kier alpha value is -2.18. The Morgan fingerprint density at radius 3 is 2.27 bits per heavy atom. The Kier molecular flexibility index (Phi) is 5.74. The number of rotatable bonds is 4. The summed E-state index contributed by atoms with van der Waals surface area (Å²) in [7, 11) is 0. The lowest BCUT2D eigenvalue weighted by molar-refractivity contribution is -0.120.